The van der Waals surface area contributed by atoms with Crippen LogP contribution < -0.4 is 19.1 Å². The Balaban J connectivity index is 1.59. The highest BCUT2D eigenvalue weighted by Gasteiger charge is 2.36. The van der Waals surface area contributed by atoms with E-state index < -0.39 is 28.5 Å². The van der Waals surface area contributed by atoms with Crippen LogP contribution in [-0.2, 0) is 32.6 Å². The number of halogens is 1. The van der Waals surface area contributed by atoms with Crippen LogP contribution in [-0.4, -0.2) is 58.0 Å². The lowest BCUT2D eigenvalue weighted by Crippen LogP contribution is -2.54. The summed E-state index contributed by atoms with van der Waals surface area (Å²) in [6.07, 6.45) is 4.02. The Labute approximate surface area is 293 Å². The number of hydrogen-bond donors (Lipinski definition) is 1. The molecule has 11 heteroatoms. The minimum absolute atomic E-state index is 0.0111. The van der Waals surface area contributed by atoms with Gasteiger partial charge >= 0.3 is 0 Å². The standard InChI is InChI=1S/C38H42ClN3O6S/c1-27-16-19-33(20-17-27)49(45,46)42(31-18-21-36(48-3)34(39)24-31)26-37(43)41(25-29-12-9-15-32(22-29)47-2)35(23-28-10-5-4-6-11-28)38(44)40-30-13-7-8-14-30/h4-6,9-12,15-22,24,30,35H,7-8,13-14,23,25-26H2,1-3H3,(H,40,44). The zero-order valence-corrected chi connectivity index (χ0v) is 29.5. The smallest absolute Gasteiger partial charge is 0.264 e. The first-order valence-electron chi connectivity index (χ1n) is 16.3. The van der Waals surface area contributed by atoms with Gasteiger partial charge in [-0.15, -0.1) is 0 Å². The fraction of sp³-hybridized carbons (Fsp3) is 0.316. The van der Waals surface area contributed by atoms with Crippen LogP contribution in [0.1, 0.15) is 42.4 Å². The molecule has 1 aliphatic rings. The van der Waals surface area contributed by atoms with Crippen LogP contribution in [0.25, 0.3) is 0 Å². The molecule has 1 fully saturated rings. The van der Waals surface area contributed by atoms with Gasteiger partial charge in [-0.25, -0.2) is 8.42 Å². The molecule has 0 heterocycles. The molecule has 258 valence electrons. The van der Waals surface area contributed by atoms with Crippen molar-refractivity contribution >= 4 is 39.1 Å². The summed E-state index contributed by atoms with van der Waals surface area (Å²) in [6, 6.07) is 26.8. The zero-order valence-electron chi connectivity index (χ0n) is 28.0. The molecule has 0 aromatic heterocycles. The molecule has 0 aliphatic heterocycles. The van der Waals surface area contributed by atoms with Gasteiger partial charge in [0.1, 0.15) is 24.1 Å². The van der Waals surface area contributed by atoms with Crippen LogP contribution in [0.15, 0.2) is 102 Å². The predicted molar refractivity (Wildman–Crippen MR) is 192 cm³/mol. The second kappa shape index (κ2) is 16.2. The average Bonchev–Trinajstić information content (AvgIpc) is 3.62. The molecule has 5 rings (SSSR count). The summed E-state index contributed by atoms with van der Waals surface area (Å²) in [7, 11) is -1.25. The fourth-order valence-corrected chi connectivity index (χ4v) is 7.72. The Morgan fingerprint density at radius 3 is 2.22 bits per heavy atom. The van der Waals surface area contributed by atoms with Gasteiger partial charge in [0.25, 0.3) is 10.0 Å². The number of hydrogen-bond acceptors (Lipinski definition) is 6. The summed E-state index contributed by atoms with van der Waals surface area (Å²) in [4.78, 5) is 30.4. The van der Waals surface area contributed by atoms with Crippen LogP contribution in [0.5, 0.6) is 11.5 Å². The van der Waals surface area contributed by atoms with Crippen LogP contribution in [0.3, 0.4) is 0 Å². The molecule has 1 unspecified atom stereocenters. The molecule has 1 N–H and O–H groups in total. The SMILES string of the molecule is COc1cccc(CN(C(=O)CN(c2ccc(OC)c(Cl)c2)S(=O)(=O)c2ccc(C)cc2)C(Cc2ccccc2)C(=O)NC2CCCC2)c1. The molecule has 9 nitrogen and oxygen atoms in total. The van der Waals surface area contributed by atoms with Crippen molar-refractivity contribution in [3.8, 4) is 11.5 Å². The highest BCUT2D eigenvalue weighted by molar-refractivity contribution is 7.92. The summed E-state index contributed by atoms with van der Waals surface area (Å²) in [5.74, 6) is 0.104. The monoisotopic (exact) mass is 703 g/mol. The third-order valence-electron chi connectivity index (χ3n) is 8.77. The van der Waals surface area contributed by atoms with Gasteiger partial charge in [-0.3, -0.25) is 13.9 Å². The van der Waals surface area contributed by atoms with Crippen molar-refractivity contribution in [2.24, 2.45) is 0 Å². The van der Waals surface area contributed by atoms with Gasteiger partial charge in [0, 0.05) is 19.0 Å². The zero-order chi connectivity index (χ0) is 35.0. The van der Waals surface area contributed by atoms with E-state index in [9.17, 15) is 18.0 Å². The number of sulfonamides is 1. The van der Waals surface area contributed by atoms with E-state index in [0.29, 0.717) is 11.5 Å². The van der Waals surface area contributed by atoms with E-state index in [1.165, 1.54) is 30.2 Å². The van der Waals surface area contributed by atoms with Crippen molar-refractivity contribution in [2.75, 3.05) is 25.1 Å². The first-order valence-corrected chi connectivity index (χ1v) is 18.1. The maximum atomic E-state index is 14.8. The number of methoxy groups -OCH3 is 2. The topological polar surface area (TPSA) is 105 Å². The van der Waals surface area contributed by atoms with Crippen molar-refractivity contribution in [2.45, 2.75) is 62.6 Å². The normalized spacial score (nSPS) is 13.8. The van der Waals surface area contributed by atoms with Gasteiger partial charge in [-0.2, -0.15) is 0 Å². The molecule has 1 saturated carbocycles. The fourth-order valence-electron chi connectivity index (χ4n) is 6.07. The summed E-state index contributed by atoms with van der Waals surface area (Å²) >= 11 is 6.48. The van der Waals surface area contributed by atoms with Gasteiger partial charge in [-0.05, 0) is 73.4 Å². The first-order chi connectivity index (χ1) is 23.6. The van der Waals surface area contributed by atoms with E-state index in [0.717, 1.165) is 46.7 Å². The minimum atomic E-state index is -4.28. The van der Waals surface area contributed by atoms with Gasteiger partial charge in [0.05, 0.1) is 29.8 Å². The molecule has 49 heavy (non-hydrogen) atoms. The van der Waals surface area contributed by atoms with E-state index in [1.807, 2.05) is 49.4 Å². The van der Waals surface area contributed by atoms with Gasteiger partial charge in [0.15, 0.2) is 0 Å². The number of ether oxygens (including phenoxy) is 2. The predicted octanol–water partition coefficient (Wildman–Crippen LogP) is 6.56. The van der Waals surface area contributed by atoms with Crippen molar-refractivity contribution in [3.63, 3.8) is 0 Å². The van der Waals surface area contributed by atoms with Gasteiger partial charge in [-0.1, -0.05) is 84.6 Å². The Morgan fingerprint density at radius 2 is 1.57 bits per heavy atom. The van der Waals surface area contributed by atoms with Crippen molar-refractivity contribution in [3.05, 3.63) is 119 Å². The molecule has 1 aliphatic carbocycles. The second-order valence-corrected chi connectivity index (χ2v) is 14.5. The molecular weight excluding hydrogens is 662 g/mol. The number of benzene rings is 4. The van der Waals surface area contributed by atoms with Crippen LogP contribution in [0, 0.1) is 6.92 Å². The highest BCUT2D eigenvalue weighted by Crippen LogP contribution is 2.32. The van der Waals surface area contributed by atoms with Crippen molar-refractivity contribution in [1.82, 2.24) is 10.2 Å². The van der Waals surface area contributed by atoms with Crippen molar-refractivity contribution < 1.29 is 27.5 Å². The van der Waals surface area contributed by atoms with E-state index in [2.05, 4.69) is 5.32 Å². The van der Waals surface area contributed by atoms with E-state index in [-0.39, 0.29) is 40.5 Å². The number of aryl methyl sites for hydroxylation is 1. The number of rotatable bonds is 14. The summed E-state index contributed by atoms with van der Waals surface area (Å²) in [6.45, 7) is 1.30. The molecule has 0 radical (unpaired) electrons. The van der Waals surface area contributed by atoms with Crippen molar-refractivity contribution in [1.29, 1.82) is 0 Å². The van der Waals surface area contributed by atoms with E-state index in [1.54, 1.807) is 43.5 Å². The number of carbonyl (C=O) groups excluding carboxylic acids is 2. The second-order valence-electron chi connectivity index (χ2n) is 12.2. The molecule has 1 atom stereocenters. The third-order valence-corrected chi connectivity index (χ3v) is 10.9. The number of carbonyl (C=O) groups is 2. The summed E-state index contributed by atoms with van der Waals surface area (Å²) in [5, 5.41) is 3.37. The summed E-state index contributed by atoms with van der Waals surface area (Å²) < 4.78 is 40.4. The highest BCUT2D eigenvalue weighted by atomic mass is 35.5. The number of nitrogens with zero attached hydrogens (tertiary/aromatic N) is 2. The Kier molecular flexibility index (Phi) is 11.9. The average molecular weight is 704 g/mol. The number of anilines is 1. The quantitative estimate of drug-likeness (QED) is 0.160. The molecule has 0 saturated heterocycles. The Hall–Kier alpha value is -4.54. The molecule has 4 aromatic rings. The van der Waals surface area contributed by atoms with Crippen LogP contribution in [0.2, 0.25) is 5.02 Å². The lowest BCUT2D eigenvalue weighted by molar-refractivity contribution is -0.140. The molecule has 4 aromatic carbocycles. The largest absolute Gasteiger partial charge is 0.497 e. The third kappa shape index (κ3) is 8.93. The first kappa shape index (κ1) is 35.8. The minimum Gasteiger partial charge on any atom is -0.497 e. The molecular formula is C38H42ClN3O6S. The lowest BCUT2D eigenvalue weighted by atomic mass is 10.0. The maximum absolute atomic E-state index is 14.8. The van der Waals surface area contributed by atoms with Gasteiger partial charge < -0.3 is 19.7 Å². The maximum Gasteiger partial charge on any atom is 0.264 e. The lowest BCUT2D eigenvalue weighted by Gasteiger charge is -2.34. The number of amides is 2. The van der Waals surface area contributed by atoms with Crippen LogP contribution >= 0.6 is 11.6 Å². The Morgan fingerprint density at radius 1 is 0.878 bits per heavy atom. The summed E-state index contributed by atoms with van der Waals surface area (Å²) in [5.41, 5.74) is 2.65. The van der Waals surface area contributed by atoms with E-state index in [4.69, 9.17) is 21.1 Å². The van der Waals surface area contributed by atoms with Gasteiger partial charge in [0.2, 0.25) is 11.8 Å². The number of nitrogens with one attached hydrogen (secondary N) is 1. The Bertz CT molecular complexity index is 1850. The molecule has 0 spiro atoms. The van der Waals surface area contributed by atoms with E-state index >= 15 is 0 Å². The van der Waals surface area contributed by atoms with Crippen LogP contribution in [0.4, 0.5) is 5.69 Å². The molecule has 0 bridgehead atoms. The molecule has 2 amide bonds.